The number of alkyl halides is 1. The highest BCUT2D eigenvalue weighted by Crippen LogP contribution is 2.23. The largest absolute Gasteiger partial charge is 0.461 e. The Kier molecular flexibility index (Phi) is 7.48. The van der Waals surface area contributed by atoms with E-state index in [2.05, 4.69) is 11.8 Å². The molecule has 0 N–H and O–H groups in total. The van der Waals surface area contributed by atoms with E-state index in [1.807, 2.05) is 55.5 Å². The first kappa shape index (κ1) is 22.1. The zero-order valence-electron chi connectivity index (χ0n) is 17.2. The van der Waals surface area contributed by atoms with Crippen molar-refractivity contribution < 1.29 is 19.1 Å². The fraction of sp³-hybridized carbons (Fsp3) is 0.154. The summed E-state index contributed by atoms with van der Waals surface area (Å²) >= 11 is 5.79. The number of aryl methyl sites for hydroxylation is 1. The zero-order chi connectivity index (χ0) is 22.2. The van der Waals surface area contributed by atoms with E-state index in [1.165, 1.54) is 0 Å². The molecule has 156 valence electrons. The Labute approximate surface area is 186 Å². The molecule has 3 aromatic rings. The van der Waals surface area contributed by atoms with Gasteiger partial charge in [-0.25, -0.2) is 9.59 Å². The predicted octanol–water partition coefficient (Wildman–Crippen LogP) is 5.40. The van der Waals surface area contributed by atoms with Crippen LogP contribution in [-0.2, 0) is 9.53 Å². The maximum Gasteiger partial charge on any atom is 0.390 e. The Morgan fingerprint density at radius 2 is 1.48 bits per heavy atom. The van der Waals surface area contributed by atoms with Crippen LogP contribution in [0.2, 0.25) is 0 Å². The molecule has 1 atom stereocenters. The molecule has 0 amide bonds. The Bertz CT molecular complexity index is 1100. The van der Waals surface area contributed by atoms with E-state index >= 15 is 0 Å². The summed E-state index contributed by atoms with van der Waals surface area (Å²) in [6, 6.07) is 21.7. The Morgan fingerprint density at radius 1 is 0.903 bits per heavy atom. The predicted molar refractivity (Wildman–Crippen MR) is 121 cm³/mol. The third-order valence-electron chi connectivity index (χ3n) is 4.32. The van der Waals surface area contributed by atoms with Crippen molar-refractivity contribution in [2.24, 2.45) is 0 Å². The van der Waals surface area contributed by atoms with Gasteiger partial charge in [-0.1, -0.05) is 47.9 Å². The molecule has 0 radical (unpaired) electrons. The van der Waals surface area contributed by atoms with E-state index in [0.717, 1.165) is 22.3 Å². The van der Waals surface area contributed by atoms with Crippen LogP contribution in [0.15, 0.2) is 72.8 Å². The molecular formula is C26H21ClO4. The third-order valence-corrected chi connectivity index (χ3v) is 4.45. The van der Waals surface area contributed by atoms with Crippen molar-refractivity contribution in [3.05, 3.63) is 89.5 Å². The monoisotopic (exact) mass is 432 g/mol. The number of esters is 2. The quantitative estimate of drug-likeness (QED) is 0.234. The number of hydrogen-bond acceptors (Lipinski definition) is 4. The summed E-state index contributed by atoms with van der Waals surface area (Å²) in [5, 5.41) is -0.232. The van der Waals surface area contributed by atoms with Gasteiger partial charge < -0.3 is 9.47 Å². The van der Waals surface area contributed by atoms with Gasteiger partial charge in [0.15, 0.2) is 0 Å². The molecule has 0 heterocycles. The van der Waals surface area contributed by atoms with Crippen LogP contribution < -0.4 is 4.74 Å². The molecule has 5 heteroatoms. The lowest BCUT2D eigenvalue weighted by atomic mass is 10.0. The summed E-state index contributed by atoms with van der Waals surface area (Å²) in [6.45, 7) is 3.91. The number of halogens is 1. The van der Waals surface area contributed by atoms with Gasteiger partial charge in [0.1, 0.15) is 12.4 Å². The number of ether oxygens (including phenoxy) is 2. The fourth-order valence-electron chi connectivity index (χ4n) is 2.68. The summed E-state index contributed by atoms with van der Waals surface area (Å²) in [4.78, 5) is 23.9. The van der Waals surface area contributed by atoms with Crippen LogP contribution in [-0.4, -0.2) is 23.9 Å². The number of benzene rings is 3. The second kappa shape index (κ2) is 10.5. The van der Waals surface area contributed by atoms with Crippen molar-refractivity contribution in [2.75, 3.05) is 6.61 Å². The van der Waals surface area contributed by atoms with E-state index in [4.69, 9.17) is 21.1 Å². The summed E-state index contributed by atoms with van der Waals surface area (Å²) < 4.78 is 10.4. The molecule has 0 aromatic heterocycles. The van der Waals surface area contributed by atoms with Gasteiger partial charge >= 0.3 is 11.9 Å². The van der Waals surface area contributed by atoms with Crippen LogP contribution in [0.4, 0.5) is 0 Å². The van der Waals surface area contributed by atoms with Crippen molar-refractivity contribution in [1.82, 2.24) is 0 Å². The molecule has 3 rings (SSSR count). The first-order valence-corrected chi connectivity index (χ1v) is 10.2. The van der Waals surface area contributed by atoms with Crippen LogP contribution in [0.25, 0.3) is 11.1 Å². The minimum absolute atomic E-state index is 0.164. The lowest BCUT2D eigenvalue weighted by molar-refractivity contribution is -0.128. The number of hydrogen-bond donors (Lipinski definition) is 0. The summed E-state index contributed by atoms with van der Waals surface area (Å²) in [6.07, 6.45) is 0. The van der Waals surface area contributed by atoms with Gasteiger partial charge in [0, 0.05) is 11.5 Å². The second-order valence-electron chi connectivity index (χ2n) is 6.99. The van der Waals surface area contributed by atoms with Gasteiger partial charge in [0.2, 0.25) is 0 Å². The van der Waals surface area contributed by atoms with Crippen molar-refractivity contribution in [3.63, 3.8) is 0 Å². The molecule has 0 aliphatic carbocycles. The van der Waals surface area contributed by atoms with Gasteiger partial charge in [-0.3, -0.25) is 0 Å². The average molecular weight is 433 g/mol. The zero-order valence-corrected chi connectivity index (χ0v) is 18.0. The van der Waals surface area contributed by atoms with Gasteiger partial charge in [0.05, 0.1) is 10.9 Å². The molecule has 0 aliphatic rings. The van der Waals surface area contributed by atoms with Gasteiger partial charge in [0.25, 0.3) is 0 Å². The summed E-state index contributed by atoms with van der Waals surface area (Å²) in [5.41, 5.74) is 4.17. The highest BCUT2D eigenvalue weighted by Gasteiger charge is 2.09. The van der Waals surface area contributed by atoms with Crippen molar-refractivity contribution in [1.29, 1.82) is 0 Å². The lowest BCUT2D eigenvalue weighted by Gasteiger charge is -2.07. The van der Waals surface area contributed by atoms with E-state index < -0.39 is 11.9 Å². The maximum absolute atomic E-state index is 12.0. The van der Waals surface area contributed by atoms with Crippen LogP contribution in [0, 0.1) is 18.8 Å². The smallest absolute Gasteiger partial charge is 0.390 e. The molecule has 0 aliphatic heterocycles. The van der Waals surface area contributed by atoms with Crippen molar-refractivity contribution >= 4 is 23.5 Å². The Morgan fingerprint density at radius 3 is 2.06 bits per heavy atom. The number of carbonyl (C=O) groups excluding carboxylic acids is 2. The second-order valence-corrected chi connectivity index (χ2v) is 7.73. The molecule has 0 spiro atoms. The van der Waals surface area contributed by atoms with Crippen molar-refractivity contribution in [2.45, 2.75) is 19.2 Å². The van der Waals surface area contributed by atoms with Gasteiger partial charge in [-0.05, 0) is 61.4 Å². The minimum Gasteiger partial charge on any atom is -0.461 e. The fourth-order valence-corrected chi connectivity index (χ4v) is 2.74. The standard InChI is InChI=1S/C26H21ClO4/c1-18-3-5-20(6-4-18)7-16-25(28)31-24-14-12-22(13-15-24)21-8-10-23(11-9-21)26(29)30-17-19(2)27/h3-6,8-15,19H,17H2,1-2H3/t19-/m0/s1. The maximum atomic E-state index is 12.0. The van der Waals surface area contributed by atoms with Crippen molar-refractivity contribution in [3.8, 4) is 28.7 Å². The first-order chi connectivity index (χ1) is 14.9. The SMILES string of the molecule is Cc1ccc(C#CC(=O)Oc2ccc(-c3ccc(C(=O)OC[C@H](C)Cl)cc3)cc2)cc1. The molecular weight excluding hydrogens is 412 g/mol. The van der Waals surface area contributed by atoms with Crippen LogP contribution >= 0.6 is 11.6 Å². The molecule has 0 saturated carbocycles. The molecule has 31 heavy (non-hydrogen) atoms. The number of rotatable bonds is 5. The minimum atomic E-state index is -0.623. The normalized spacial score (nSPS) is 11.1. The van der Waals surface area contributed by atoms with Gasteiger partial charge in [-0.15, -0.1) is 11.6 Å². The molecule has 0 bridgehead atoms. The van der Waals surface area contributed by atoms with Crippen LogP contribution in [0.1, 0.15) is 28.4 Å². The summed E-state index contributed by atoms with van der Waals surface area (Å²) in [7, 11) is 0. The van der Waals surface area contributed by atoms with E-state index in [1.54, 1.807) is 31.2 Å². The van der Waals surface area contributed by atoms with E-state index in [9.17, 15) is 9.59 Å². The highest BCUT2D eigenvalue weighted by molar-refractivity contribution is 6.20. The molecule has 0 unspecified atom stereocenters. The van der Waals surface area contributed by atoms with E-state index in [-0.39, 0.29) is 12.0 Å². The van der Waals surface area contributed by atoms with Crippen LogP contribution in [0.5, 0.6) is 5.75 Å². The first-order valence-electron chi connectivity index (χ1n) is 9.73. The molecule has 4 nitrogen and oxygen atoms in total. The average Bonchev–Trinajstić information content (AvgIpc) is 2.78. The van der Waals surface area contributed by atoms with Crippen LogP contribution in [0.3, 0.4) is 0 Å². The number of carbonyl (C=O) groups is 2. The molecule has 0 saturated heterocycles. The third kappa shape index (κ3) is 6.74. The van der Waals surface area contributed by atoms with Gasteiger partial charge in [-0.2, -0.15) is 0 Å². The highest BCUT2D eigenvalue weighted by atomic mass is 35.5. The summed E-state index contributed by atoms with van der Waals surface area (Å²) in [5.74, 6) is 4.65. The lowest BCUT2D eigenvalue weighted by Crippen LogP contribution is -2.11. The molecule has 0 fully saturated rings. The van der Waals surface area contributed by atoms with E-state index in [0.29, 0.717) is 11.3 Å². The molecule has 3 aromatic carbocycles. The topological polar surface area (TPSA) is 52.6 Å². The Hall–Kier alpha value is -3.55. The Balaban J connectivity index is 1.60.